The van der Waals surface area contributed by atoms with Crippen molar-refractivity contribution in [3.05, 3.63) is 11.4 Å². The number of nitrogens with zero attached hydrogens (tertiary/aromatic N) is 2. The summed E-state index contributed by atoms with van der Waals surface area (Å²) < 4.78 is 41.7. The van der Waals surface area contributed by atoms with Gasteiger partial charge < -0.3 is 10.5 Å². The normalized spacial score (nSPS) is 11.6. The van der Waals surface area contributed by atoms with E-state index in [9.17, 15) is 18.0 Å². The first-order valence-corrected chi connectivity index (χ1v) is 5.72. The first-order chi connectivity index (χ1) is 8.70. The average molecular weight is 279 g/mol. The van der Waals surface area contributed by atoms with Gasteiger partial charge in [-0.1, -0.05) is 0 Å². The number of rotatable bonds is 5. The zero-order valence-corrected chi connectivity index (χ0v) is 10.8. The molecule has 1 heterocycles. The lowest BCUT2D eigenvalue weighted by Gasteiger charge is -2.08. The molecule has 1 rings (SSSR count). The van der Waals surface area contributed by atoms with Gasteiger partial charge in [-0.3, -0.25) is 9.48 Å². The third kappa shape index (κ3) is 4.80. The molecule has 8 heteroatoms. The van der Waals surface area contributed by atoms with Crippen molar-refractivity contribution in [3.8, 4) is 0 Å². The van der Waals surface area contributed by atoms with Gasteiger partial charge in [-0.15, -0.1) is 0 Å². The smallest absolute Gasteiger partial charge is 0.389 e. The number of aryl methyl sites for hydroxylation is 1. The Labute approximate surface area is 108 Å². The molecule has 0 aliphatic carbocycles. The van der Waals surface area contributed by atoms with Crippen molar-refractivity contribution in [1.82, 2.24) is 9.78 Å². The number of carbonyl (C=O) groups excluding carboxylic acids is 1. The molecule has 5 nitrogen and oxygen atoms in total. The molecule has 2 N–H and O–H groups in total. The van der Waals surface area contributed by atoms with Crippen LogP contribution >= 0.6 is 0 Å². The maximum atomic E-state index is 11.9. The minimum Gasteiger partial charge on any atom is -0.464 e. The van der Waals surface area contributed by atoms with Crippen molar-refractivity contribution >= 4 is 11.7 Å². The van der Waals surface area contributed by atoms with Crippen LogP contribution < -0.4 is 5.73 Å². The summed E-state index contributed by atoms with van der Waals surface area (Å²) in [5.41, 5.74) is 7.41. The number of hydrogen-bond donors (Lipinski definition) is 1. The van der Waals surface area contributed by atoms with Crippen LogP contribution in [-0.4, -0.2) is 28.5 Å². The van der Waals surface area contributed by atoms with Crippen LogP contribution in [0.1, 0.15) is 24.2 Å². The summed E-state index contributed by atoms with van der Waals surface area (Å²) in [7, 11) is 0. The third-order valence-electron chi connectivity index (χ3n) is 2.58. The van der Waals surface area contributed by atoms with Gasteiger partial charge in [0.1, 0.15) is 6.54 Å². The largest absolute Gasteiger partial charge is 0.464 e. The van der Waals surface area contributed by atoms with E-state index in [0.717, 1.165) is 0 Å². The zero-order chi connectivity index (χ0) is 14.6. The molecule has 0 radical (unpaired) electrons. The van der Waals surface area contributed by atoms with Gasteiger partial charge in [-0.2, -0.15) is 18.3 Å². The van der Waals surface area contributed by atoms with Crippen LogP contribution in [-0.2, 0) is 16.1 Å². The number of esters is 1. The van der Waals surface area contributed by atoms with Gasteiger partial charge >= 0.3 is 12.1 Å². The van der Waals surface area contributed by atoms with Crippen LogP contribution in [0.4, 0.5) is 18.9 Å². The molecule has 0 aliphatic rings. The van der Waals surface area contributed by atoms with Crippen LogP contribution in [0.3, 0.4) is 0 Å². The van der Waals surface area contributed by atoms with Crippen LogP contribution in [0, 0.1) is 13.8 Å². The Morgan fingerprint density at radius 2 is 2.05 bits per heavy atom. The average Bonchev–Trinajstić information content (AvgIpc) is 2.51. The molecule has 0 bridgehead atoms. The van der Waals surface area contributed by atoms with Crippen molar-refractivity contribution in [2.75, 3.05) is 12.3 Å². The van der Waals surface area contributed by atoms with E-state index in [1.807, 2.05) is 0 Å². The number of nitrogens with two attached hydrogens (primary N) is 1. The molecule has 0 saturated heterocycles. The Hall–Kier alpha value is -1.73. The number of hydrogen-bond acceptors (Lipinski definition) is 4. The number of anilines is 1. The predicted molar refractivity (Wildman–Crippen MR) is 62.4 cm³/mol. The SMILES string of the molecule is Cc1nn(CC(=O)OCCCC(F)(F)F)c(C)c1N. The van der Waals surface area contributed by atoms with Crippen molar-refractivity contribution in [1.29, 1.82) is 0 Å². The molecule has 1 aromatic rings. The molecule has 0 unspecified atom stereocenters. The lowest BCUT2D eigenvalue weighted by molar-refractivity contribution is -0.151. The zero-order valence-electron chi connectivity index (χ0n) is 10.8. The molecule has 0 amide bonds. The van der Waals surface area contributed by atoms with E-state index < -0.39 is 18.6 Å². The summed E-state index contributed by atoms with van der Waals surface area (Å²) in [4.78, 5) is 11.4. The lowest BCUT2D eigenvalue weighted by atomic mass is 10.3. The summed E-state index contributed by atoms with van der Waals surface area (Å²) in [6, 6.07) is 0. The van der Waals surface area contributed by atoms with Crippen LogP contribution in [0.15, 0.2) is 0 Å². The van der Waals surface area contributed by atoms with E-state index in [4.69, 9.17) is 10.5 Å². The Balaban J connectivity index is 2.37. The fourth-order valence-electron chi connectivity index (χ4n) is 1.49. The third-order valence-corrected chi connectivity index (χ3v) is 2.58. The highest BCUT2D eigenvalue weighted by atomic mass is 19.4. The Morgan fingerprint density at radius 1 is 1.42 bits per heavy atom. The van der Waals surface area contributed by atoms with Gasteiger partial charge in [0.25, 0.3) is 0 Å². The monoisotopic (exact) mass is 279 g/mol. The Bertz CT molecular complexity index is 455. The molecule has 19 heavy (non-hydrogen) atoms. The minimum atomic E-state index is -4.23. The molecule has 0 atom stereocenters. The summed E-state index contributed by atoms with van der Waals surface area (Å²) >= 11 is 0. The quantitative estimate of drug-likeness (QED) is 0.660. The molecular weight excluding hydrogens is 263 g/mol. The van der Waals surface area contributed by atoms with E-state index in [1.54, 1.807) is 13.8 Å². The van der Waals surface area contributed by atoms with E-state index in [2.05, 4.69) is 5.10 Å². The van der Waals surface area contributed by atoms with Crippen LogP contribution in [0.2, 0.25) is 0 Å². The van der Waals surface area contributed by atoms with Crippen LogP contribution in [0.5, 0.6) is 0 Å². The van der Waals surface area contributed by atoms with Gasteiger partial charge in [-0.25, -0.2) is 0 Å². The Morgan fingerprint density at radius 3 is 2.53 bits per heavy atom. The second-order valence-corrected chi connectivity index (χ2v) is 4.18. The maximum absolute atomic E-state index is 11.9. The molecule has 0 spiro atoms. The first kappa shape index (κ1) is 15.3. The molecule has 0 fully saturated rings. The second-order valence-electron chi connectivity index (χ2n) is 4.18. The number of halogens is 3. The van der Waals surface area contributed by atoms with Crippen LogP contribution in [0.25, 0.3) is 0 Å². The highest BCUT2D eigenvalue weighted by Gasteiger charge is 2.26. The fraction of sp³-hybridized carbons (Fsp3) is 0.636. The topological polar surface area (TPSA) is 70.1 Å². The van der Waals surface area contributed by atoms with Gasteiger partial charge in [0.05, 0.1) is 23.7 Å². The first-order valence-electron chi connectivity index (χ1n) is 5.72. The molecule has 0 saturated carbocycles. The number of carbonyl (C=O) groups is 1. The van der Waals surface area contributed by atoms with Crippen molar-refractivity contribution in [3.63, 3.8) is 0 Å². The maximum Gasteiger partial charge on any atom is 0.389 e. The molecule has 0 aliphatic heterocycles. The van der Waals surface area contributed by atoms with E-state index >= 15 is 0 Å². The molecular formula is C11H16F3N3O2. The van der Waals surface area contributed by atoms with Crippen molar-refractivity contribution < 1.29 is 22.7 Å². The fourth-order valence-corrected chi connectivity index (χ4v) is 1.49. The van der Waals surface area contributed by atoms with Gasteiger partial charge in [0, 0.05) is 6.42 Å². The standard InChI is InChI=1S/C11H16F3N3O2/c1-7-10(15)8(2)17(16-7)6-9(18)19-5-3-4-11(12,13)14/h3-6,15H2,1-2H3. The number of nitrogen functional groups attached to an aromatic ring is 1. The van der Waals surface area contributed by atoms with Crippen molar-refractivity contribution in [2.45, 2.75) is 39.4 Å². The Kier molecular flexibility index (Phi) is 4.79. The molecule has 0 aromatic carbocycles. The summed E-state index contributed by atoms with van der Waals surface area (Å²) in [5, 5.41) is 4.03. The predicted octanol–water partition coefficient (Wildman–Crippen LogP) is 1.97. The van der Waals surface area contributed by atoms with E-state index in [0.29, 0.717) is 17.1 Å². The molecule has 1 aromatic heterocycles. The van der Waals surface area contributed by atoms with E-state index in [-0.39, 0.29) is 19.6 Å². The lowest BCUT2D eigenvalue weighted by Crippen LogP contribution is -2.17. The number of aromatic nitrogens is 2. The highest BCUT2D eigenvalue weighted by Crippen LogP contribution is 2.21. The number of alkyl halides is 3. The summed E-state index contributed by atoms with van der Waals surface area (Å²) in [5.74, 6) is -0.632. The van der Waals surface area contributed by atoms with Gasteiger partial charge in [0.15, 0.2) is 0 Å². The summed E-state index contributed by atoms with van der Waals surface area (Å²) in [6.45, 7) is 2.99. The minimum absolute atomic E-state index is 0.157. The van der Waals surface area contributed by atoms with Gasteiger partial charge in [0.2, 0.25) is 0 Å². The second kappa shape index (κ2) is 5.94. The number of ether oxygens (including phenoxy) is 1. The summed E-state index contributed by atoms with van der Waals surface area (Å²) in [6.07, 6.45) is -5.43. The van der Waals surface area contributed by atoms with Crippen molar-refractivity contribution in [2.24, 2.45) is 0 Å². The molecule has 108 valence electrons. The van der Waals surface area contributed by atoms with E-state index in [1.165, 1.54) is 4.68 Å². The van der Waals surface area contributed by atoms with Gasteiger partial charge in [-0.05, 0) is 20.3 Å². The highest BCUT2D eigenvalue weighted by molar-refractivity contribution is 5.69.